The smallest absolute Gasteiger partial charge is 0.227 e. The highest BCUT2D eigenvalue weighted by Gasteiger charge is 2.48. The number of rotatable bonds is 4. The third-order valence-corrected chi connectivity index (χ3v) is 6.04. The minimum atomic E-state index is -0.357. The van der Waals surface area contributed by atoms with E-state index in [0.29, 0.717) is 44.4 Å². The number of ether oxygens (including phenoxy) is 1. The molecule has 142 valence electrons. The number of carbonyl (C=O) groups is 2. The first-order chi connectivity index (χ1) is 12.5. The molecule has 3 fully saturated rings. The van der Waals surface area contributed by atoms with E-state index in [0.717, 1.165) is 24.2 Å². The predicted octanol–water partition coefficient (Wildman–Crippen LogP) is 1.46. The number of carbonyl (C=O) groups excluding carboxylic acids is 2. The fourth-order valence-electron chi connectivity index (χ4n) is 4.17. The van der Waals surface area contributed by atoms with Crippen LogP contribution >= 0.6 is 0 Å². The first kappa shape index (κ1) is 17.5. The SMILES string of the molecule is Cc1noc(C)c1CC(=O)N1CCC(=O)N(CC2CC2)C2(CCOC2)C1. The molecule has 2 saturated heterocycles. The molecule has 7 heteroatoms. The minimum Gasteiger partial charge on any atom is -0.379 e. The zero-order valence-corrected chi connectivity index (χ0v) is 15.6. The Labute approximate surface area is 153 Å². The van der Waals surface area contributed by atoms with Crippen molar-refractivity contribution in [1.82, 2.24) is 15.0 Å². The van der Waals surface area contributed by atoms with Crippen LogP contribution in [0.15, 0.2) is 4.52 Å². The lowest BCUT2D eigenvalue weighted by Crippen LogP contribution is -2.57. The van der Waals surface area contributed by atoms with Crippen LogP contribution in [-0.2, 0) is 20.7 Å². The standard InChI is InChI=1S/C19H27N3O4/c1-13-16(14(2)26-20-13)9-18(24)21-7-5-17(23)22(10-15-3-4-15)19(11-21)6-8-25-12-19/h15H,3-12H2,1-2H3. The molecule has 1 unspecified atom stereocenters. The van der Waals surface area contributed by atoms with Crippen LogP contribution in [0.4, 0.5) is 0 Å². The summed E-state index contributed by atoms with van der Waals surface area (Å²) < 4.78 is 10.9. The average Bonchev–Trinajstić information content (AvgIpc) is 3.27. The van der Waals surface area contributed by atoms with E-state index in [1.165, 1.54) is 12.8 Å². The van der Waals surface area contributed by atoms with Gasteiger partial charge in [-0.25, -0.2) is 0 Å². The van der Waals surface area contributed by atoms with E-state index in [9.17, 15) is 9.59 Å². The monoisotopic (exact) mass is 361 g/mol. The number of hydrogen-bond acceptors (Lipinski definition) is 5. The second kappa shape index (κ2) is 6.68. The average molecular weight is 361 g/mol. The Morgan fingerprint density at radius 3 is 2.77 bits per heavy atom. The van der Waals surface area contributed by atoms with E-state index >= 15 is 0 Å². The van der Waals surface area contributed by atoms with Gasteiger partial charge in [0.1, 0.15) is 5.76 Å². The number of hydrogen-bond donors (Lipinski definition) is 0. The van der Waals surface area contributed by atoms with Gasteiger partial charge < -0.3 is 19.1 Å². The fourth-order valence-corrected chi connectivity index (χ4v) is 4.17. The molecule has 0 radical (unpaired) electrons. The molecular weight excluding hydrogens is 334 g/mol. The van der Waals surface area contributed by atoms with Gasteiger partial charge in [-0.1, -0.05) is 5.16 Å². The highest BCUT2D eigenvalue weighted by molar-refractivity contribution is 5.82. The van der Waals surface area contributed by atoms with Gasteiger partial charge in [0.2, 0.25) is 11.8 Å². The van der Waals surface area contributed by atoms with Crippen LogP contribution < -0.4 is 0 Å². The van der Waals surface area contributed by atoms with Crippen LogP contribution in [0, 0.1) is 19.8 Å². The number of aryl methyl sites for hydroxylation is 2. The van der Waals surface area contributed by atoms with Gasteiger partial charge in [-0.05, 0) is 39.0 Å². The van der Waals surface area contributed by atoms with Gasteiger partial charge in [0.25, 0.3) is 0 Å². The van der Waals surface area contributed by atoms with Crippen molar-refractivity contribution in [2.45, 2.75) is 51.5 Å². The molecule has 1 atom stereocenters. The third kappa shape index (κ3) is 3.24. The summed E-state index contributed by atoms with van der Waals surface area (Å²) in [6.45, 7) is 6.72. The molecule has 1 aliphatic carbocycles. The van der Waals surface area contributed by atoms with E-state index in [1.807, 2.05) is 23.6 Å². The maximum atomic E-state index is 13.0. The molecule has 3 heterocycles. The van der Waals surface area contributed by atoms with Gasteiger partial charge in [0, 0.05) is 38.2 Å². The molecule has 2 amide bonds. The first-order valence-corrected chi connectivity index (χ1v) is 9.56. The molecule has 4 rings (SSSR count). The summed E-state index contributed by atoms with van der Waals surface area (Å²) in [7, 11) is 0. The quantitative estimate of drug-likeness (QED) is 0.812. The van der Waals surface area contributed by atoms with Crippen molar-refractivity contribution in [3.8, 4) is 0 Å². The van der Waals surface area contributed by atoms with Crippen molar-refractivity contribution >= 4 is 11.8 Å². The number of nitrogens with zero attached hydrogens (tertiary/aromatic N) is 3. The number of amides is 2. The second-order valence-electron chi connectivity index (χ2n) is 8.02. The Hall–Kier alpha value is -1.89. The Kier molecular flexibility index (Phi) is 4.50. The van der Waals surface area contributed by atoms with Crippen molar-refractivity contribution in [2.24, 2.45) is 5.92 Å². The van der Waals surface area contributed by atoms with E-state index in [-0.39, 0.29) is 23.8 Å². The van der Waals surface area contributed by atoms with Gasteiger partial charge >= 0.3 is 0 Å². The lowest BCUT2D eigenvalue weighted by atomic mass is 9.94. The molecule has 7 nitrogen and oxygen atoms in total. The van der Waals surface area contributed by atoms with Crippen LogP contribution in [0.1, 0.15) is 42.7 Å². The summed E-state index contributed by atoms with van der Waals surface area (Å²) in [6, 6.07) is 0. The number of aromatic nitrogens is 1. The Morgan fingerprint density at radius 2 is 2.15 bits per heavy atom. The van der Waals surface area contributed by atoms with Crippen LogP contribution in [-0.4, -0.2) is 65.2 Å². The molecule has 2 aliphatic heterocycles. The molecule has 0 bridgehead atoms. The molecule has 0 aromatic carbocycles. The maximum absolute atomic E-state index is 13.0. The van der Waals surface area contributed by atoms with Crippen molar-refractivity contribution in [3.05, 3.63) is 17.0 Å². The zero-order valence-electron chi connectivity index (χ0n) is 15.6. The summed E-state index contributed by atoms with van der Waals surface area (Å²) in [5.74, 6) is 1.51. The van der Waals surface area contributed by atoms with E-state index in [4.69, 9.17) is 9.26 Å². The second-order valence-corrected chi connectivity index (χ2v) is 8.02. The van der Waals surface area contributed by atoms with E-state index < -0.39 is 0 Å². The van der Waals surface area contributed by atoms with Crippen LogP contribution in [0.3, 0.4) is 0 Å². The van der Waals surface area contributed by atoms with Gasteiger partial charge in [-0.2, -0.15) is 0 Å². The fraction of sp³-hybridized carbons (Fsp3) is 0.737. The van der Waals surface area contributed by atoms with E-state index in [1.54, 1.807) is 0 Å². The molecule has 1 aromatic rings. The molecule has 3 aliphatic rings. The largest absolute Gasteiger partial charge is 0.379 e. The van der Waals surface area contributed by atoms with Crippen molar-refractivity contribution < 1.29 is 18.8 Å². The highest BCUT2D eigenvalue weighted by Crippen LogP contribution is 2.37. The molecular formula is C19H27N3O4. The maximum Gasteiger partial charge on any atom is 0.227 e. The molecule has 0 N–H and O–H groups in total. The normalized spacial score (nSPS) is 26.6. The third-order valence-electron chi connectivity index (χ3n) is 6.04. The van der Waals surface area contributed by atoms with Crippen molar-refractivity contribution in [1.29, 1.82) is 0 Å². The van der Waals surface area contributed by atoms with Crippen molar-refractivity contribution in [2.75, 3.05) is 32.8 Å². The molecule has 26 heavy (non-hydrogen) atoms. The Balaban J connectivity index is 1.54. The van der Waals surface area contributed by atoms with Crippen molar-refractivity contribution in [3.63, 3.8) is 0 Å². The van der Waals surface area contributed by atoms with E-state index in [2.05, 4.69) is 5.16 Å². The van der Waals surface area contributed by atoms with Crippen LogP contribution in [0.5, 0.6) is 0 Å². The molecule has 1 spiro atoms. The minimum absolute atomic E-state index is 0.0340. The van der Waals surface area contributed by atoms with Gasteiger partial charge in [-0.15, -0.1) is 0 Å². The summed E-state index contributed by atoms with van der Waals surface area (Å²) in [5, 5.41) is 3.94. The summed E-state index contributed by atoms with van der Waals surface area (Å²) in [5.41, 5.74) is 1.26. The topological polar surface area (TPSA) is 75.9 Å². The van der Waals surface area contributed by atoms with Crippen LogP contribution in [0.25, 0.3) is 0 Å². The Bertz CT molecular complexity index is 684. The summed E-state index contributed by atoms with van der Waals surface area (Å²) in [6.07, 6.45) is 3.88. The lowest BCUT2D eigenvalue weighted by molar-refractivity contribution is -0.138. The predicted molar refractivity (Wildman–Crippen MR) is 93.5 cm³/mol. The van der Waals surface area contributed by atoms with Gasteiger partial charge in [-0.3, -0.25) is 9.59 Å². The Morgan fingerprint density at radius 1 is 1.35 bits per heavy atom. The zero-order chi connectivity index (χ0) is 18.3. The highest BCUT2D eigenvalue weighted by atomic mass is 16.5. The molecule has 1 saturated carbocycles. The molecule has 1 aromatic heterocycles. The van der Waals surface area contributed by atoms with Gasteiger partial charge in [0.05, 0.1) is 24.3 Å². The first-order valence-electron chi connectivity index (χ1n) is 9.56. The van der Waals surface area contributed by atoms with Gasteiger partial charge in [0.15, 0.2) is 0 Å². The van der Waals surface area contributed by atoms with Crippen LogP contribution in [0.2, 0.25) is 0 Å². The lowest BCUT2D eigenvalue weighted by Gasteiger charge is -2.40. The summed E-state index contributed by atoms with van der Waals surface area (Å²) >= 11 is 0. The summed E-state index contributed by atoms with van der Waals surface area (Å²) in [4.78, 5) is 29.7.